The van der Waals surface area contributed by atoms with Gasteiger partial charge in [0.15, 0.2) is 9.84 Å². The van der Waals surface area contributed by atoms with Crippen molar-refractivity contribution < 1.29 is 27.9 Å². The van der Waals surface area contributed by atoms with Crippen LogP contribution in [-0.2, 0) is 26.0 Å². The van der Waals surface area contributed by atoms with Crippen LogP contribution in [0, 0.1) is 0 Å². The third-order valence-electron chi connectivity index (χ3n) is 3.59. The number of hydrogen-bond donors (Lipinski definition) is 1. The standard InChI is InChI=1S/C14H17NO6S/c1-22(19,20)11-7-12(13(16)17)15(8-11)14(18)21-9-10-5-3-2-4-6-10/h2-6,11-12H,7-9H2,1H3,(H,16,17)/t11-,12+/m0/s1. The Morgan fingerprint density at radius 1 is 1.32 bits per heavy atom. The zero-order valence-electron chi connectivity index (χ0n) is 12.0. The zero-order valence-corrected chi connectivity index (χ0v) is 12.8. The van der Waals surface area contributed by atoms with Crippen LogP contribution in [0.5, 0.6) is 0 Å². The molecule has 0 spiro atoms. The predicted octanol–water partition coefficient (Wildman–Crippen LogP) is 0.895. The predicted molar refractivity (Wildman–Crippen MR) is 78.0 cm³/mol. The summed E-state index contributed by atoms with van der Waals surface area (Å²) in [5.74, 6) is -1.23. The van der Waals surface area contributed by atoms with Crippen LogP contribution in [0.3, 0.4) is 0 Å². The van der Waals surface area contributed by atoms with E-state index in [4.69, 9.17) is 9.84 Å². The molecule has 1 aliphatic heterocycles. The molecule has 0 radical (unpaired) electrons. The van der Waals surface area contributed by atoms with Gasteiger partial charge in [-0.15, -0.1) is 0 Å². The van der Waals surface area contributed by atoms with Crippen LogP contribution in [0.2, 0.25) is 0 Å². The molecule has 0 bridgehead atoms. The van der Waals surface area contributed by atoms with E-state index in [9.17, 15) is 18.0 Å². The Balaban J connectivity index is 2.05. The minimum Gasteiger partial charge on any atom is -0.480 e. The van der Waals surface area contributed by atoms with Crippen LogP contribution >= 0.6 is 0 Å². The van der Waals surface area contributed by atoms with Crippen LogP contribution in [0.15, 0.2) is 30.3 Å². The van der Waals surface area contributed by atoms with Crippen molar-refractivity contribution in [2.45, 2.75) is 24.3 Å². The number of ether oxygens (including phenoxy) is 1. The molecule has 0 aliphatic carbocycles. The van der Waals surface area contributed by atoms with Crippen molar-refractivity contribution in [1.29, 1.82) is 0 Å². The highest BCUT2D eigenvalue weighted by molar-refractivity contribution is 7.91. The first-order chi connectivity index (χ1) is 10.3. The quantitative estimate of drug-likeness (QED) is 0.881. The topological polar surface area (TPSA) is 101 Å². The number of sulfone groups is 1. The normalized spacial score (nSPS) is 21.6. The Kier molecular flexibility index (Phi) is 4.70. The number of amides is 1. The van der Waals surface area contributed by atoms with E-state index in [0.717, 1.165) is 16.7 Å². The van der Waals surface area contributed by atoms with Crippen LogP contribution in [0.25, 0.3) is 0 Å². The van der Waals surface area contributed by atoms with Crippen LogP contribution in [-0.4, -0.2) is 54.6 Å². The van der Waals surface area contributed by atoms with Gasteiger partial charge in [-0.25, -0.2) is 18.0 Å². The molecule has 1 N–H and O–H groups in total. The smallest absolute Gasteiger partial charge is 0.410 e. The van der Waals surface area contributed by atoms with E-state index in [-0.39, 0.29) is 19.6 Å². The summed E-state index contributed by atoms with van der Waals surface area (Å²) in [5, 5.41) is 8.28. The maximum atomic E-state index is 12.1. The number of benzene rings is 1. The Morgan fingerprint density at radius 3 is 2.50 bits per heavy atom. The van der Waals surface area contributed by atoms with Crippen molar-refractivity contribution in [2.75, 3.05) is 12.8 Å². The Labute approximate surface area is 128 Å². The van der Waals surface area contributed by atoms with E-state index >= 15 is 0 Å². The van der Waals surface area contributed by atoms with Crippen molar-refractivity contribution in [3.63, 3.8) is 0 Å². The molecule has 22 heavy (non-hydrogen) atoms. The van der Waals surface area contributed by atoms with E-state index < -0.39 is 33.2 Å². The van der Waals surface area contributed by atoms with Gasteiger partial charge in [-0.2, -0.15) is 0 Å². The lowest BCUT2D eigenvalue weighted by atomic mass is 10.2. The largest absolute Gasteiger partial charge is 0.480 e. The van der Waals surface area contributed by atoms with E-state index in [1.165, 1.54) is 0 Å². The summed E-state index contributed by atoms with van der Waals surface area (Å²) in [6.07, 6.45) is 0.103. The fraction of sp³-hybridized carbons (Fsp3) is 0.429. The second-order valence-corrected chi connectivity index (χ2v) is 7.56. The number of carbonyl (C=O) groups is 2. The van der Waals surface area contributed by atoms with E-state index in [2.05, 4.69) is 0 Å². The molecule has 1 aromatic carbocycles. The number of rotatable bonds is 4. The lowest BCUT2D eigenvalue weighted by Gasteiger charge is -2.20. The van der Waals surface area contributed by atoms with Gasteiger partial charge in [-0.05, 0) is 12.0 Å². The SMILES string of the molecule is CS(=O)(=O)[C@H]1C[C@H](C(=O)O)N(C(=O)OCc2ccccc2)C1. The lowest BCUT2D eigenvalue weighted by molar-refractivity contribution is -0.141. The molecule has 120 valence electrons. The molecule has 1 fully saturated rings. The van der Waals surface area contributed by atoms with E-state index in [1.54, 1.807) is 24.3 Å². The number of aliphatic carboxylic acids is 1. The fourth-order valence-corrected chi connectivity index (χ4v) is 3.31. The molecule has 8 heteroatoms. The molecule has 1 aromatic rings. The van der Waals surface area contributed by atoms with Crippen molar-refractivity contribution >= 4 is 21.9 Å². The van der Waals surface area contributed by atoms with Crippen LogP contribution < -0.4 is 0 Å². The van der Waals surface area contributed by atoms with Crippen LogP contribution in [0.4, 0.5) is 4.79 Å². The number of carboxylic acid groups (broad SMARTS) is 1. The summed E-state index contributed by atoms with van der Waals surface area (Å²) in [7, 11) is -3.42. The highest BCUT2D eigenvalue weighted by Gasteiger charge is 2.44. The second-order valence-electron chi connectivity index (χ2n) is 5.23. The molecule has 2 atom stereocenters. The van der Waals surface area contributed by atoms with Crippen molar-refractivity contribution in [1.82, 2.24) is 4.90 Å². The number of likely N-dealkylation sites (tertiary alicyclic amines) is 1. The van der Waals surface area contributed by atoms with Gasteiger partial charge in [-0.1, -0.05) is 30.3 Å². The summed E-state index contributed by atoms with van der Waals surface area (Å²) in [4.78, 5) is 24.2. The van der Waals surface area contributed by atoms with Gasteiger partial charge in [0.1, 0.15) is 12.6 Å². The van der Waals surface area contributed by atoms with Crippen molar-refractivity contribution in [2.24, 2.45) is 0 Å². The summed E-state index contributed by atoms with van der Waals surface area (Å²) >= 11 is 0. The summed E-state index contributed by atoms with van der Waals surface area (Å²) in [6.45, 7) is -0.157. The molecular formula is C14H17NO6S. The van der Waals surface area contributed by atoms with Crippen molar-refractivity contribution in [3.8, 4) is 0 Å². The van der Waals surface area contributed by atoms with Gasteiger partial charge in [0.2, 0.25) is 0 Å². The molecule has 7 nitrogen and oxygen atoms in total. The first kappa shape index (κ1) is 16.3. The Morgan fingerprint density at radius 2 is 1.95 bits per heavy atom. The third-order valence-corrected chi connectivity index (χ3v) is 5.15. The Hall–Kier alpha value is -2.09. The number of hydrogen-bond acceptors (Lipinski definition) is 5. The maximum absolute atomic E-state index is 12.1. The molecule has 2 rings (SSSR count). The summed E-state index contributed by atoms with van der Waals surface area (Å²) in [6, 6.07) is 7.76. The summed E-state index contributed by atoms with van der Waals surface area (Å²) < 4.78 is 28.2. The first-order valence-electron chi connectivity index (χ1n) is 6.68. The molecule has 0 aromatic heterocycles. The van der Waals surface area contributed by atoms with Gasteiger partial charge >= 0.3 is 12.1 Å². The Bertz CT molecular complexity index is 657. The fourth-order valence-electron chi connectivity index (χ4n) is 2.35. The third kappa shape index (κ3) is 3.76. The van der Waals surface area contributed by atoms with Gasteiger partial charge in [0.25, 0.3) is 0 Å². The molecular weight excluding hydrogens is 310 g/mol. The summed E-state index contributed by atoms with van der Waals surface area (Å²) in [5.41, 5.74) is 0.765. The average Bonchev–Trinajstić information content (AvgIpc) is 2.91. The average molecular weight is 327 g/mol. The minimum absolute atomic E-state index is 0.00601. The number of carboxylic acids is 1. The van der Waals surface area contributed by atoms with Gasteiger partial charge < -0.3 is 9.84 Å². The highest BCUT2D eigenvalue weighted by atomic mass is 32.2. The maximum Gasteiger partial charge on any atom is 0.410 e. The van der Waals surface area contributed by atoms with E-state index in [0.29, 0.717) is 0 Å². The highest BCUT2D eigenvalue weighted by Crippen LogP contribution is 2.24. The van der Waals surface area contributed by atoms with Gasteiger partial charge in [0.05, 0.1) is 5.25 Å². The minimum atomic E-state index is -3.42. The molecule has 1 amide bonds. The first-order valence-corrected chi connectivity index (χ1v) is 8.63. The van der Waals surface area contributed by atoms with Crippen LogP contribution in [0.1, 0.15) is 12.0 Å². The second kappa shape index (κ2) is 6.35. The van der Waals surface area contributed by atoms with Gasteiger partial charge in [0, 0.05) is 12.8 Å². The van der Waals surface area contributed by atoms with E-state index in [1.807, 2.05) is 6.07 Å². The molecule has 0 saturated carbocycles. The monoisotopic (exact) mass is 327 g/mol. The number of nitrogens with zero attached hydrogens (tertiary/aromatic N) is 1. The van der Waals surface area contributed by atoms with Crippen molar-refractivity contribution in [3.05, 3.63) is 35.9 Å². The molecule has 1 saturated heterocycles. The van der Waals surface area contributed by atoms with Gasteiger partial charge in [-0.3, -0.25) is 4.90 Å². The number of carbonyl (C=O) groups excluding carboxylic acids is 1. The molecule has 0 unspecified atom stereocenters. The zero-order chi connectivity index (χ0) is 16.3. The molecule has 1 aliphatic rings. The lowest BCUT2D eigenvalue weighted by Crippen LogP contribution is -2.41. The molecule has 1 heterocycles.